The van der Waals surface area contributed by atoms with E-state index in [-0.39, 0.29) is 6.03 Å². The molecule has 1 aromatic rings. The number of anilines is 1. The van der Waals surface area contributed by atoms with Gasteiger partial charge in [-0.3, -0.25) is 5.32 Å². The van der Waals surface area contributed by atoms with E-state index in [1.807, 2.05) is 4.90 Å². The van der Waals surface area contributed by atoms with Gasteiger partial charge >= 0.3 is 6.03 Å². The fourth-order valence-corrected chi connectivity index (χ4v) is 1.89. The molecule has 102 valence electrons. The van der Waals surface area contributed by atoms with E-state index in [0.717, 1.165) is 38.8 Å². The van der Waals surface area contributed by atoms with Crippen molar-refractivity contribution in [1.29, 1.82) is 0 Å². The highest BCUT2D eigenvalue weighted by Gasteiger charge is 2.13. The van der Waals surface area contributed by atoms with Crippen LogP contribution in [0, 0.1) is 0 Å². The molecule has 4 nitrogen and oxygen atoms in total. The highest BCUT2D eigenvalue weighted by atomic mass is 79.9. The molecule has 0 aromatic carbocycles. The predicted molar refractivity (Wildman–Crippen MR) is 76.8 cm³/mol. The average Bonchev–Trinajstić information content (AvgIpc) is 2.75. The maximum absolute atomic E-state index is 12.1. The summed E-state index contributed by atoms with van der Waals surface area (Å²) in [4.78, 5) is 13.9. The summed E-state index contributed by atoms with van der Waals surface area (Å²) >= 11 is 3.21. The van der Waals surface area contributed by atoms with Gasteiger partial charge in [0.1, 0.15) is 0 Å². The minimum atomic E-state index is -0.0845. The van der Waals surface area contributed by atoms with E-state index in [1.54, 1.807) is 12.1 Å². The summed E-state index contributed by atoms with van der Waals surface area (Å²) in [6.45, 7) is 5.84. The summed E-state index contributed by atoms with van der Waals surface area (Å²) in [5, 5.41) is 2.77. The number of carbonyl (C=O) groups is 1. The van der Waals surface area contributed by atoms with Gasteiger partial charge in [-0.1, -0.05) is 26.7 Å². The average molecular weight is 317 g/mol. The molecule has 0 aliphatic heterocycles. The molecule has 1 aromatic heterocycles. The first-order valence-corrected chi connectivity index (χ1v) is 7.28. The zero-order valence-corrected chi connectivity index (χ0v) is 12.6. The van der Waals surface area contributed by atoms with Crippen LogP contribution in [-0.2, 0) is 0 Å². The van der Waals surface area contributed by atoms with Crippen LogP contribution >= 0.6 is 15.9 Å². The Morgan fingerprint density at radius 1 is 1.28 bits per heavy atom. The number of nitrogens with zero attached hydrogens (tertiary/aromatic N) is 1. The first-order chi connectivity index (χ1) is 8.67. The number of carbonyl (C=O) groups excluding carboxylic acids is 1. The number of unbranched alkanes of at least 4 members (excludes halogenated alkanes) is 2. The molecule has 0 aliphatic rings. The lowest BCUT2D eigenvalue weighted by Gasteiger charge is -2.22. The second-order valence-electron chi connectivity index (χ2n) is 4.23. The number of nitrogens with one attached hydrogen (secondary N) is 1. The Kier molecular flexibility index (Phi) is 6.86. The second-order valence-corrected chi connectivity index (χ2v) is 5.01. The lowest BCUT2D eigenvalue weighted by molar-refractivity contribution is 0.209. The van der Waals surface area contributed by atoms with E-state index in [9.17, 15) is 4.79 Å². The molecule has 1 heterocycles. The van der Waals surface area contributed by atoms with Crippen molar-refractivity contribution in [3.63, 3.8) is 0 Å². The third-order valence-electron chi connectivity index (χ3n) is 2.65. The maximum Gasteiger partial charge on any atom is 0.324 e. The van der Waals surface area contributed by atoms with Crippen LogP contribution in [0.15, 0.2) is 21.2 Å². The van der Waals surface area contributed by atoms with Crippen molar-refractivity contribution >= 4 is 27.8 Å². The van der Waals surface area contributed by atoms with Gasteiger partial charge in [0.2, 0.25) is 5.88 Å². The molecule has 0 aliphatic carbocycles. The Hall–Kier alpha value is -0.970. The minimum absolute atomic E-state index is 0.0845. The van der Waals surface area contributed by atoms with Gasteiger partial charge in [-0.15, -0.1) is 0 Å². The standard InChI is InChI=1S/C13H21BrN2O2/c1-3-5-9-16(10-6-4-2)13(17)15-12-8-7-11(14)18-12/h7-8H,3-6,9-10H2,1-2H3,(H,15,17). The largest absolute Gasteiger partial charge is 0.434 e. The van der Waals surface area contributed by atoms with Gasteiger partial charge in [-0.05, 0) is 34.8 Å². The van der Waals surface area contributed by atoms with Crippen molar-refractivity contribution in [2.45, 2.75) is 39.5 Å². The first-order valence-electron chi connectivity index (χ1n) is 6.48. The van der Waals surface area contributed by atoms with Crippen molar-refractivity contribution in [2.24, 2.45) is 0 Å². The summed E-state index contributed by atoms with van der Waals surface area (Å²) in [6, 6.07) is 3.41. The van der Waals surface area contributed by atoms with Crippen LogP contribution in [0.5, 0.6) is 0 Å². The number of furan rings is 1. The summed E-state index contributed by atoms with van der Waals surface area (Å²) in [5.41, 5.74) is 0. The van der Waals surface area contributed by atoms with Crippen LogP contribution in [0.2, 0.25) is 0 Å². The normalized spacial score (nSPS) is 10.4. The van der Waals surface area contributed by atoms with Crippen molar-refractivity contribution in [2.75, 3.05) is 18.4 Å². The maximum atomic E-state index is 12.1. The number of hydrogen-bond acceptors (Lipinski definition) is 2. The molecule has 5 heteroatoms. The zero-order valence-electron chi connectivity index (χ0n) is 11.0. The molecular formula is C13H21BrN2O2. The van der Waals surface area contributed by atoms with Gasteiger partial charge < -0.3 is 9.32 Å². The third kappa shape index (κ3) is 5.12. The highest BCUT2D eigenvalue weighted by Crippen LogP contribution is 2.18. The van der Waals surface area contributed by atoms with Crippen LogP contribution in [0.25, 0.3) is 0 Å². The van der Waals surface area contributed by atoms with E-state index in [0.29, 0.717) is 10.6 Å². The molecule has 0 unspecified atom stereocenters. The molecule has 0 spiro atoms. The molecule has 0 fully saturated rings. The molecule has 1 rings (SSSR count). The fourth-order valence-electron chi connectivity index (χ4n) is 1.58. The molecule has 18 heavy (non-hydrogen) atoms. The summed E-state index contributed by atoms with van der Waals surface area (Å²) in [6.07, 6.45) is 4.22. The van der Waals surface area contributed by atoms with Gasteiger partial charge in [0.05, 0.1) is 0 Å². The molecule has 0 atom stereocenters. The number of rotatable bonds is 7. The van der Waals surface area contributed by atoms with Gasteiger partial charge in [0, 0.05) is 19.2 Å². The van der Waals surface area contributed by atoms with Gasteiger partial charge in [-0.2, -0.15) is 0 Å². The van der Waals surface area contributed by atoms with Crippen LogP contribution in [0.3, 0.4) is 0 Å². The van der Waals surface area contributed by atoms with Crippen molar-refractivity contribution in [1.82, 2.24) is 4.90 Å². The van der Waals surface area contributed by atoms with Gasteiger partial charge in [0.15, 0.2) is 4.67 Å². The lowest BCUT2D eigenvalue weighted by Crippen LogP contribution is -2.36. The Labute approximate surface area is 117 Å². The topological polar surface area (TPSA) is 45.5 Å². The van der Waals surface area contributed by atoms with Crippen LogP contribution < -0.4 is 5.32 Å². The SMILES string of the molecule is CCCCN(CCCC)C(=O)Nc1ccc(Br)o1. The minimum Gasteiger partial charge on any atom is -0.434 e. The lowest BCUT2D eigenvalue weighted by atomic mass is 10.3. The molecule has 2 amide bonds. The summed E-state index contributed by atoms with van der Waals surface area (Å²) in [7, 11) is 0. The van der Waals surface area contributed by atoms with Crippen LogP contribution in [0.1, 0.15) is 39.5 Å². The monoisotopic (exact) mass is 316 g/mol. The number of urea groups is 1. The van der Waals surface area contributed by atoms with E-state index in [2.05, 4.69) is 35.1 Å². The molecular weight excluding hydrogens is 296 g/mol. The van der Waals surface area contributed by atoms with Gasteiger partial charge in [0.25, 0.3) is 0 Å². The second kappa shape index (κ2) is 8.19. The third-order valence-corrected chi connectivity index (χ3v) is 3.08. The molecule has 0 radical (unpaired) electrons. The van der Waals surface area contributed by atoms with E-state index < -0.39 is 0 Å². The quantitative estimate of drug-likeness (QED) is 0.806. The summed E-state index contributed by atoms with van der Waals surface area (Å²) < 4.78 is 5.89. The smallest absolute Gasteiger partial charge is 0.324 e. The van der Waals surface area contributed by atoms with E-state index in [1.165, 1.54) is 0 Å². The molecule has 1 N–H and O–H groups in total. The summed E-state index contributed by atoms with van der Waals surface area (Å²) in [5.74, 6) is 0.477. The van der Waals surface area contributed by atoms with Crippen molar-refractivity contribution in [3.8, 4) is 0 Å². The van der Waals surface area contributed by atoms with Crippen molar-refractivity contribution in [3.05, 3.63) is 16.8 Å². The number of hydrogen-bond donors (Lipinski definition) is 1. The van der Waals surface area contributed by atoms with Crippen LogP contribution in [0.4, 0.5) is 10.7 Å². The number of amides is 2. The highest BCUT2D eigenvalue weighted by molar-refractivity contribution is 9.10. The first kappa shape index (κ1) is 15.1. The Morgan fingerprint density at radius 3 is 2.33 bits per heavy atom. The predicted octanol–water partition coefficient (Wildman–Crippen LogP) is 4.48. The van der Waals surface area contributed by atoms with E-state index in [4.69, 9.17) is 4.42 Å². The Bertz CT molecular complexity index is 358. The number of halogens is 1. The van der Waals surface area contributed by atoms with Gasteiger partial charge in [-0.25, -0.2) is 4.79 Å². The van der Waals surface area contributed by atoms with E-state index >= 15 is 0 Å². The molecule has 0 saturated carbocycles. The fraction of sp³-hybridized carbons (Fsp3) is 0.615. The molecule has 0 bridgehead atoms. The zero-order chi connectivity index (χ0) is 13.4. The molecule has 0 saturated heterocycles. The van der Waals surface area contributed by atoms with Crippen molar-refractivity contribution < 1.29 is 9.21 Å². The Balaban J connectivity index is 2.51. The Morgan fingerprint density at radius 2 is 1.89 bits per heavy atom. The van der Waals surface area contributed by atoms with Crippen LogP contribution in [-0.4, -0.2) is 24.0 Å².